The molecule has 1 aromatic carbocycles. The van der Waals surface area contributed by atoms with Crippen molar-refractivity contribution >= 4 is 33.3 Å². The van der Waals surface area contributed by atoms with Gasteiger partial charge in [0.2, 0.25) is 5.36 Å². The van der Waals surface area contributed by atoms with E-state index in [1.54, 1.807) is 11.3 Å². The molecule has 0 atom stereocenters. The Hall–Kier alpha value is -2.67. The third-order valence-corrected chi connectivity index (χ3v) is 6.12. The molecule has 0 unspecified atom stereocenters. The molecule has 0 fully saturated rings. The Morgan fingerprint density at radius 1 is 1.03 bits per heavy atom. The normalized spacial score (nSPS) is 11.9. The van der Waals surface area contributed by atoms with Crippen LogP contribution in [0.1, 0.15) is 48.5 Å². The summed E-state index contributed by atoms with van der Waals surface area (Å²) in [4.78, 5) is 17.9. The lowest BCUT2D eigenvalue weighted by Gasteiger charge is -2.19. The number of rotatable bonds is 8. The van der Waals surface area contributed by atoms with Gasteiger partial charge in [0.05, 0.1) is 20.8 Å². The quantitative estimate of drug-likeness (QED) is 0.255. The number of benzene rings is 2. The van der Waals surface area contributed by atoms with Gasteiger partial charge in [-0.15, -0.1) is 11.3 Å². The van der Waals surface area contributed by atoms with Crippen LogP contribution in [-0.2, 0) is 4.74 Å². The summed E-state index contributed by atoms with van der Waals surface area (Å²) in [6, 6.07) is 12.8. The van der Waals surface area contributed by atoms with Crippen LogP contribution in [0.5, 0.6) is 0 Å². The Kier molecular flexibility index (Phi) is 8.52. The van der Waals surface area contributed by atoms with E-state index in [2.05, 4.69) is 67.2 Å². The highest BCUT2D eigenvalue weighted by molar-refractivity contribution is 7.21. The SMILES string of the molecule is CC(C)C[N+](CC(C)C)=c1ccc2nc3ccc(NCCNC(=O)OC(C)(C)C)cc3sc-2c1. The Morgan fingerprint density at radius 3 is 2.38 bits per heavy atom. The summed E-state index contributed by atoms with van der Waals surface area (Å²) in [7, 11) is 0. The van der Waals surface area contributed by atoms with E-state index < -0.39 is 11.7 Å². The third-order valence-electron chi connectivity index (χ3n) is 5.02. The van der Waals surface area contributed by atoms with E-state index in [-0.39, 0.29) is 0 Å². The third kappa shape index (κ3) is 7.69. The first kappa shape index (κ1) is 25.9. The van der Waals surface area contributed by atoms with Gasteiger partial charge in [0.15, 0.2) is 0 Å². The van der Waals surface area contributed by atoms with Crippen molar-refractivity contribution in [3.8, 4) is 10.6 Å². The molecule has 0 spiro atoms. The number of nitrogens with zero attached hydrogens (tertiary/aromatic N) is 2. The number of hydrogen-bond acceptors (Lipinski definition) is 5. The minimum absolute atomic E-state index is 0.398. The number of nitrogens with one attached hydrogen (secondary N) is 2. The molecule has 3 rings (SSSR count). The van der Waals surface area contributed by atoms with Crippen molar-refractivity contribution in [2.45, 2.75) is 54.1 Å². The summed E-state index contributed by atoms with van der Waals surface area (Å²) in [6.07, 6.45) is -0.398. The summed E-state index contributed by atoms with van der Waals surface area (Å²) in [5.41, 5.74) is 2.53. The monoisotopic (exact) mass is 483 g/mol. The van der Waals surface area contributed by atoms with Crippen LogP contribution in [0.3, 0.4) is 0 Å². The first-order valence-electron chi connectivity index (χ1n) is 12.1. The lowest BCUT2D eigenvalue weighted by Crippen LogP contribution is -2.35. The number of carbonyl (C=O) groups is 1. The zero-order valence-corrected chi connectivity index (χ0v) is 22.4. The first-order chi connectivity index (χ1) is 16.0. The van der Waals surface area contributed by atoms with Crippen LogP contribution in [0.15, 0.2) is 36.4 Å². The van der Waals surface area contributed by atoms with Gasteiger partial charge in [-0.2, -0.15) is 0 Å². The second-order valence-electron chi connectivity index (χ2n) is 10.6. The van der Waals surface area contributed by atoms with Gasteiger partial charge in [0.25, 0.3) is 0 Å². The van der Waals surface area contributed by atoms with E-state index >= 15 is 0 Å². The van der Waals surface area contributed by atoms with Crippen molar-refractivity contribution in [3.63, 3.8) is 0 Å². The van der Waals surface area contributed by atoms with E-state index in [1.165, 1.54) is 10.2 Å². The predicted molar refractivity (Wildman–Crippen MR) is 144 cm³/mol. The predicted octanol–water partition coefficient (Wildman–Crippen LogP) is 5.42. The van der Waals surface area contributed by atoms with Crippen molar-refractivity contribution < 1.29 is 9.53 Å². The Balaban J connectivity index is 1.79. The fraction of sp³-hybridized carbons (Fsp3) is 0.519. The standard InChI is InChI=1S/C27H38N4O2S/c1-18(2)16-31(17-19(3)4)21-9-11-23-25(15-21)34-24-14-20(8-10-22(24)30-23)28-12-13-29-26(32)33-27(5,6)7/h8-11,14-15,18-19H,12-13,16-17H2,1-7H3,(H,29,32)/p+1. The number of fused-ring (bicyclic) bond motifs is 2. The number of ether oxygens (including phenoxy) is 1. The fourth-order valence-electron chi connectivity index (χ4n) is 3.77. The molecule has 1 aromatic rings. The average Bonchev–Trinajstić information content (AvgIpc) is 2.72. The first-order valence-corrected chi connectivity index (χ1v) is 12.9. The van der Waals surface area contributed by atoms with Crippen LogP contribution in [-0.4, -0.2) is 42.9 Å². The van der Waals surface area contributed by atoms with Gasteiger partial charge < -0.3 is 15.4 Å². The van der Waals surface area contributed by atoms with Crippen LogP contribution in [0, 0.1) is 11.8 Å². The highest BCUT2D eigenvalue weighted by atomic mass is 32.1. The second-order valence-corrected chi connectivity index (χ2v) is 11.7. The molecule has 2 aliphatic rings. The minimum atomic E-state index is -0.493. The molecule has 0 saturated heterocycles. The summed E-state index contributed by atoms with van der Waals surface area (Å²) in [5, 5.41) is 7.41. The summed E-state index contributed by atoms with van der Waals surface area (Å²) in [6.45, 7) is 17.8. The smallest absolute Gasteiger partial charge is 0.407 e. The van der Waals surface area contributed by atoms with Gasteiger partial charge in [-0.25, -0.2) is 14.4 Å². The van der Waals surface area contributed by atoms with Crippen LogP contribution < -0.4 is 20.6 Å². The Morgan fingerprint density at radius 2 is 1.74 bits per heavy atom. The van der Waals surface area contributed by atoms with Crippen molar-refractivity contribution in [2.24, 2.45) is 11.8 Å². The van der Waals surface area contributed by atoms with E-state index in [0.717, 1.165) is 34.7 Å². The largest absolute Gasteiger partial charge is 0.444 e. The number of alkyl carbamates (subject to hydrolysis) is 1. The molecule has 1 amide bonds. The molecule has 1 aliphatic carbocycles. The number of hydrogen-bond donors (Lipinski definition) is 2. The van der Waals surface area contributed by atoms with Gasteiger partial charge >= 0.3 is 6.09 Å². The topological polar surface area (TPSA) is 66.3 Å². The minimum Gasteiger partial charge on any atom is -0.444 e. The molecule has 2 N–H and O–H groups in total. The average molecular weight is 484 g/mol. The van der Waals surface area contributed by atoms with Crippen molar-refractivity contribution in [2.75, 3.05) is 31.5 Å². The van der Waals surface area contributed by atoms with Crippen molar-refractivity contribution in [1.82, 2.24) is 14.9 Å². The van der Waals surface area contributed by atoms with Gasteiger partial charge in [0.1, 0.15) is 18.7 Å². The van der Waals surface area contributed by atoms with Gasteiger partial charge in [-0.1, -0.05) is 27.7 Å². The lowest BCUT2D eigenvalue weighted by molar-refractivity contribution is 0.0530. The van der Waals surface area contributed by atoms with Crippen molar-refractivity contribution in [1.29, 1.82) is 0 Å². The molecule has 0 aromatic heterocycles. The van der Waals surface area contributed by atoms with E-state index in [4.69, 9.17) is 9.72 Å². The van der Waals surface area contributed by atoms with Gasteiger partial charge in [0, 0.05) is 42.7 Å². The van der Waals surface area contributed by atoms with Gasteiger partial charge in [-0.3, -0.25) is 0 Å². The molecular formula is C27H39N4O2S+. The van der Waals surface area contributed by atoms with Crippen molar-refractivity contribution in [3.05, 3.63) is 41.8 Å². The van der Waals surface area contributed by atoms with E-state index in [0.29, 0.717) is 24.9 Å². The number of amides is 1. The number of anilines is 1. The maximum absolute atomic E-state index is 11.8. The van der Waals surface area contributed by atoms with E-state index in [9.17, 15) is 4.79 Å². The highest BCUT2D eigenvalue weighted by Gasteiger charge is 2.16. The zero-order valence-electron chi connectivity index (χ0n) is 21.6. The fourth-order valence-corrected chi connectivity index (χ4v) is 4.81. The Bertz CT molecular complexity index is 1150. The lowest BCUT2D eigenvalue weighted by atomic mass is 10.1. The Labute approximate surface area is 207 Å². The molecule has 0 saturated carbocycles. The molecule has 0 bridgehead atoms. The van der Waals surface area contributed by atoms with E-state index in [1.807, 2.05) is 32.9 Å². The number of aromatic nitrogens is 1. The molecule has 184 valence electrons. The van der Waals surface area contributed by atoms with Gasteiger partial charge in [-0.05, 0) is 45.0 Å². The molecule has 7 heteroatoms. The second kappa shape index (κ2) is 11.2. The molecule has 6 nitrogen and oxygen atoms in total. The molecular weight excluding hydrogens is 444 g/mol. The maximum Gasteiger partial charge on any atom is 0.407 e. The number of carbonyl (C=O) groups excluding carboxylic acids is 1. The molecule has 1 heterocycles. The van der Waals surface area contributed by atoms with Crippen LogP contribution >= 0.6 is 11.3 Å². The summed E-state index contributed by atoms with van der Waals surface area (Å²) in [5.74, 6) is 1.21. The molecule has 34 heavy (non-hydrogen) atoms. The maximum atomic E-state index is 11.8. The van der Waals surface area contributed by atoms with Crippen LogP contribution in [0.25, 0.3) is 20.8 Å². The zero-order chi connectivity index (χ0) is 24.9. The molecule has 0 radical (unpaired) electrons. The van der Waals surface area contributed by atoms with Crippen LogP contribution in [0.4, 0.5) is 10.5 Å². The highest BCUT2D eigenvalue weighted by Crippen LogP contribution is 2.30. The molecule has 1 aliphatic heterocycles. The van der Waals surface area contributed by atoms with Crippen LogP contribution in [0.2, 0.25) is 0 Å². The summed E-state index contributed by atoms with van der Waals surface area (Å²) < 4.78 is 8.89. The summed E-state index contributed by atoms with van der Waals surface area (Å²) >= 11 is 1.77.